The number of aromatic nitrogens is 1. The van der Waals surface area contributed by atoms with Crippen molar-refractivity contribution in [3.8, 4) is 0 Å². The highest BCUT2D eigenvalue weighted by molar-refractivity contribution is 7.08. The van der Waals surface area contributed by atoms with Crippen molar-refractivity contribution < 1.29 is 14.3 Å². The summed E-state index contributed by atoms with van der Waals surface area (Å²) >= 11 is 1.55. The second-order valence-electron chi connectivity index (χ2n) is 5.83. The van der Waals surface area contributed by atoms with Gasteiger partial charge in [-0.1, -0.05) is 0 Å². The Bertz CT molecular complexity index is 633. The van der Waals surface area contributed by atoms with Gasteiger partial charge in [0.2, 0.25) is 0 Å². The largest absolute Gasteiger partial charge is 0.382 e. The van der Waals surface area contributed by atoms with Crippen LogP contribution >= 0.6 is 11.3 Å². The van der Waals surface area contributed by atoms with Crippen LogP contribution in [0, 0.1) is 0 Å². The molecule has 1 fully saturated rings. The van der Waals surface area contributed by atoms with E-state index in [4.69, 9.17) is 9.47 Å². The molecular weight excluding hydrogens is 324 g/mol. The van der Waals surface area contributed by atoms with E-state index in [1.807, 2.05) is 33.9 Å². The second kappa shape index (κ2) is 8.37. The van der Waals surface area contributed by atoms with E-state index in [9.17, 15) is 4.79 Å². The summed E-state index contributed by atoms with van der Waals surface area (Å²) in [6, 6.07) is 5.92. The minimum absolute atomic E-state index is 0.0379. The van der Waals surface area contributed by atoms with Crippen molar-refractivity contribution >= 4 is 17.2 Å². The van der Waals surface area contributed by atoms with E-state index in [0.29, 0.717) is 13.2 Å². The van der Waals surface area contributed by atoms with Gasteiger partial charge in [0, 0.05) is 31.4 Å². The van der Waals surface area contributed by atoms with Crippen LogP contribution < -0.4 is 0 Å². The number of methoxy groups -OCH3 is 1. The number of hydrogen-bond donors (Lipinski definition) is 0. The highest BCUT2D eigenvalue weighted by Crippen LogP contribution is 2.26. The van der Waals surface area contributed by atoms with Gasteiger partial charge in [-0.2, -0.15) is 11.3 Å². The Morgan fingerprint density at radius 3 is 2.88 bits per heavy atom. The molecule has 0 N–H and O–H groups in total. The van der Waals surface area contributed by atoms with E-state index in [-0.39, 0.29) is 18.1 Å². The van der Waals surface area contributed by atoms with Gasteiger partial charge in [0.15, 0.2) is 0 Å². The van der Waals surface area contributed by atoms with Crippen LogP contribution in [-0.2, 0) is 15.9 Å². The molecule has 3 heterocycles. The molecule has 1 aliphatic rings. The van der Waals surface area contributed by atoms with Crippen molar-refractivity contribution in [1.82, 2.24) is 9.88 Å². The lowest BCUT2D eigenvalue weighted by Crippen LogP contribution is -2.42. The predicted molar refractivity (Wildman–Crippen MR) is 93.3 cm³/mol. The van der Waals surface area contributed by atoms with E-state index >= 15 is 0 Å². The summed E-state index contributed by atoms with van der Waals surface area (Å²) in [6.45, 7) is 1.84. The Kier molecular flexibility index (Phi) is 5.96. The number of nitrogens with zero attached hydrogens (tertiary/aromatic N) is 2. The fourth-order valence-corrected chi connectivity index (χ4v) is 3.74. The normalized spacial score (nSPS) is 20.5. The maximum atomic E-state index is 12.8. The molecule has 2 atom stereocenters. The average molecular weight is 346 g/mol. The molecule has 24 heavy (non-hydrogen) atoms. The van der Waals surface area contributed by atoms with Gasteiger partial charge >= 0.3 is 0 Å². The van der Waals surface area contributed by atoms with Gasteiger partial charge in [-0.3, -0.25) is 9.78 Å². The van der Waals surface area contributed by atoms with Crippen molar-refractivity contribution in [2.45, 2.75) is 25.0 Å². The second-order valence-corrected chi connectivity index (χ2v) is 6.61. The molecule has 6 heteroatoms. The maximum Gasteiger partial charge on any atom is 0.255 e. The number of amides is 1. The van der Waals surface area contributed by atoms with E-state index in [1.54, 1.807) is 30.8 Å². The van der Waals surface area contributed by atoms with Crippen LogP contribution in [0.25, 0.3) is 0 Å². The highest BCUT2D eigenvalue weighted by Gasteiger charge is 2.38. The van der Waals surface area contributed by atoms with Crippen LogP contribution in [0.4, 0.5) is 0 Å². The van der Waals surface area contributed by atoms with E-state index in [0.717, 1.165) is 24.9 Å². The first-order valence-corrected chi connectivity index (χ1v) is 9.06. The highest BCUT2D eigenvalue weighted by atomic mass is 32.1. The molecule has 3 rings (SSSR count). The van der Waals surface area contributed by atoms with Gasteiger partial charge in [-0.15, -0.1) is 0 Å². The first kappa shape index (κ1) is 17.1. The van der Waals surface area contributed by atoms with Crippen LogP contribution in [-0.4, -0.2) is 54.8 Å². The number of carbonyl (C=O) groups excluding carboxylic acids is 1. The van der Waals surface area contributed by atoms with Gasteiger partial charge in [-0.25, -0.2) is 0 Å². The fraction of sp³-hybridized carbons (Fsp3) is 0.444. The lowest BCUT2D eigenvalue weighted by molar-refractivity contribution is 0.000500. The van der Waals surface area contributed by atoms with Crippen molar-refractivity contribution in [1.29, 1.82) is 0 Å². The maximum absolute atomic E-state index is 12.8. The molecule has 2 aromatic rings. The minimum atomic E-state index is 0.0379. The molecule has 0 aromatic carbocycles. The molecule has 5 nitrogen and oxygen atoms in total. The van der Waals surface area contributed by atoms with E-state index < -0.39 is 0 Å². The number of rotatable bonds is 7. The molecule has 0 spiro atoms. The first-order valence-electron chi connectivity index (χ1n) is 8.12. The van der Waals surface area contributed by atoms with E-state index in [2.05, 4.69) is 4.98 Å². The molecule has 1 aliphatic heterocycles. The van der Waals surface area contributed by atoms with Crippen molar-refractivity contribution in [2.75, 3.05) is 26.9 Å². The average Bonchev–Trinajstić information content (AvgIpc) is 3.26. The summed E-state index contributed by atoms with van der Waals surface area (Å²) in [5, 5.41) is 3.85. The molecule has 0 saturated carbocycles. The van der Waals surface area contributed by atoms with Gasteiger partial charge < -0.3 is 14.4 Å². The molecule has 0 unspecified atom stereocenters. The topological polar surface area (TPSA) is 51.7 Å². The Labute approximate surface area is 146 Å². The number of thiophene rings is 1. The fourth-order valence-electron chi connectivity index (χ4n) is 3.11. The smallest absolute Gasteiger partial charge is 0.255 e. The van der Waals surface area contributed by atoms with Crippen LogP contribution in [0.3, 0.4) is 0 Å². The lowest BCUT2D eigenvalue weighted by atomic mass is 10.0. The number of ether oxygens (including phenoxy) is 2. The third-order valence-corrected chi connectivity index (χ3v) is 5.01. The van der Waals surface area contributed by atoms with E-state index in [1.165, 1.54) is 5.56 Å². The van der Waals surface area contributed by atoms with Crippen LogP contribution in [0.1, 0.15) is 22.3 Å². The zero-order valence-corrected chi connectivity index (χ0v) is 14.6. The Hall–Kier alpha value is -1.76. The van der Waals surface area contributed by atoms with Crippen molar-refractivity contribution in [3.63, 3.8) is 0 Å². The number of carbonyl (C=O) groups is 1. The first-order chi connectivity index (χ1) is 11.8. The van der Waals surface area contributed by atoms with Gasteiger partial charge in [0.05, 0.1) is 30.9 Å². The SMILES string of the molecule is COCCO[C@H]1CCN(C(=O)c2ccsc2)[C@H]1Cc1ccncc1. The zero-order valence-electron chi connectivity index (χ0n) is 13.8. The van der Waals surface area contributed by atoms with Crippen LogP contribution in [0.15, 0.2) is 41.4 Å². The summed E-state index contributed by atoms with van der Waals surface area (Å²) in [5.41, 5.74) is 1.93. The van der Waals surface area contributed by atoms with Crippen LogP contribution in [0.2, 0.25) is 0 Å². The molecule has 2 aromatic heterocycles. The van der Waals surface area contributed by atoms with Gasteiger partial charge in [0.25, 0.3) is 5.91 Å². The molecule has 0 bridgehead atoms. The predicted octanol–water partition coefficient (Wildman–Crippen LogP) is 2.63. The van der Waals surface area contributed by atoms with Gasteiger partial charge in [0.1, 0.15) is 0 Å². The van der Waals surface area contributed by atoms with Gasteiger partial charge in [-0.05, 0) is 42.0 Å². The summed E-state index contributed by atoms with van der Waals surface area (Å²) < 4.78 is 11.1. The summed E-state index contributed by atoms with van der Waals surface area (Å²) in [4.78, 5) is 18.8. The summed E-state index contributed by atoms with van der Waals surface area (Å²) in [6.07, 6.45) is 5.24. The monoisotopic (exact) mass is 346 g/mol. The third-order valence-electron chi connectivity index (χ3n) is 4.33. The molecule has 1 saturated heterocycles. The molecule has 1 amide bonds. The standard InChI is InChI=1S/C18H22N2O3S/c1-22-9-10-23-17-4-8-20(18(21)15-5-11-24-13-15)16(17)12-14-2-6-19-7-3-14/h2-3,5-7,11,13,16-17H,4,8-10,12H2,1H3/t16-,17-/m0/s1. The number of hydrogen-bond acceptors (Lipinski definition) is 5. The molecule has 128 valence electrons. The Morgan fingerprint density at radius 2 is 2.17 bits per heavy atom. The minimum Gasteiger partial charge on any atom is -0.382 e. The number of pyridine rings is 1. The Balaban J connectivity index is 1.75. The molecule has 0 radical (unpaired) electrons. The lowest BCUT2D eigenvalue weighted by Gasteiger charge is -2.28. The summed E-state index contributed by atoms with van der Waals surface area (Å²) in [5.74, 6) is 0.0909. The van der Waals surface area contributed by atoms with Crippen molar-refractivity contribution in [3.05, 3.63) is 52.5 Å². The quantitative estimate of drug-likeness (QED) is 0.723. The van der Waals surface area contributed by atoms with Crippen LogP contribution in [0.5, 0.6) is 0 Å². The third kappa shape index (κ3) is 4.01. The molecular formula is C18H22N2O3S. The zero-order chi connectivity index (χ0) is 16.8. The summed E-state index contributed by atoms with van der Waals surface area (Å²) in [7, 11) is 1.67. The molecule has 0 aliphatic carbocycles. The Morgan fingerprint density at radius 1 is 1.33 bits per heavy atom. The number of likely N-dealkylation sites (tertiary alicyclic amines) is 1. The van der Waals surface area contributed by atoms with Crippen molar-refractivity contribution in [2.24, 2.45) is 0 Å².